The number of Topliss-reactive ketones (excluding diaryl/α,β-unsaturated/α-hetero) is 1. The highest BCUT2D eigenvalue weighted by Crippen LogP contribution is 2.15. The normalized spacial score (nSPS) is 9.75. The molecule has 1 heterocycles. The van der Waals surface area contributed by atoms with Crippen molar-refractivity contribution in [2.24, 2.45) is 0 Å². The molecular weight excluding hydrogens is 204 g/mol. The van der Waals surface area contributed by atoms with E-state index in [-0.39, 0.29) is 5.78 Å². The van der Waals surface area contributed by atoms with Gasteiger partial charge in [-0.2, -0.15) is 20.3 Å². The first-order valence-corrected chi connectivity index (χ1v) is 4.64. The predicted octanol–water partition coefficient (Wildman–Crippen LogP) is 1.34. The number of carbonyl (C=O) groups excluding carboxylic acids is 1. The number of nitriles is 1. The van der Waals surface area contributed by atoms with Crippen LogP contribution in [0.3, 0.4) is 0 Å². The van der Waals surface area contributed by atoms with E-state index in [1.807, 2.05) is 6.07 Å². The molecule has 0 aliphatic carbocycles. The van der Waals surface area contributed by atoms with Gasteiger partial charge in [-0.05, 0) is 25.1 Å². The molecule has 0 saturated carbocycles. The monoisotopic (exact) mass is 212 g/mol. The van der Waals surface area contributed by atoms with E-state index in [0.29, 0.717) is 16.8 Å². The van der Waals surface area contributed by atoms with E-state index >= 15 is 0 Å². The number of rotatable bonds is 2. The molecule has 0 amide bonds. The molecule has 1 aromatic carbocycles. The fourth-order valence-electron chi connectivity index (χ4n) is 1.40. The van der Waals surface area contributed by atoms with Crippen molar-refractivity contribution in [2.45, 2.75) is 6.92 Å². The van der Waals surface area contributed by atoms with E-state index in [2.05, 4.69) is 10.2 Å². The second-order valence-corrected chi connectivity index (χ2v) is 3.22. The maximum atomic E-state index is 11.4. The van der Waals surface area contributed by atoms with Gasteiger partial charge in [-0.25, -0.2) is 0 Å². The molecule has 0 atom stereocenters. The second kappa shape index (κ2) is 3.95. The molecule has 0 unspecified atom stereocenters. The first kappa shape index (κ1) is 10.1. The molecule has 1 aromatic heterocycles. The molecule has 0 fully saturated rings. The highest BCUT2D eigenvalue weighted by molar-refractivity contribution is 5.97. The lowest BCUT2D eigenvalue weighted by Crippen LogP contribution is -2.06. The SMILES string of the molecule is CC(=O)c1ccc(C#N)cc1-n1nccn1. The van der Waals surface area contributed by atoms with Crippen molar-refractivity contribution >= 4 is 5.78 Å². The van der Waals surface area contributed by atoms with Gasteiger partial charge in [0.1, 0.15) is 0 Å². The van der Waals surface area contributed by atoms with Gasteiger partial charge in [-0.15, -0.1) is 0 Å². The maximum Gasteiger partial charge on any atom is 0.162 e. The van der Waals surface area contributed by atoms with Crippen LogP contribution >= 0.6 is 0 Å². The largest absolute Gasteiger partial charge is 0.294 e. The van der Waals surface area contributed by atoms with Gasteiger partial charge in [0.05, 0.1) is 29.7 Å². The molecule has 0 saturated heterocycles. The van der Waals surface area contributed by atoms with Crippen molar-refractivity contribution in [3.05, 3.63) is 41.7 Å². The lowest BCUT2D eigenvalue weighted by molar-refractivity contribution is 0.101. The van der Waals surface area contributed by atoms with Crippen LogP contribution < -0.4 is 0 Å². The third-order valence-corrected chi connectivity index (χ3v) is 2.14. The number of benzene rings is 1. The highest BCUT2D eigenvalue weighted by atomic mass is 16.1. The van der Waals surface area contributed by atoms with Crippen LogP contribution in [0.2, 0.25) is 0 Å². The van der Waals surface area contributed by atoms with Gasteiger partial charge in [0.25, 0.3) is 0 Å². The summed E-state index contributed by atoms with van der Waals surface area (Å²) in [6.07, 6.45) is 3.03. The Hall–Kier alpha value is -2.48. The Balaban J connectivity index is 2.65. The third-order valence-electron chi connectivity index (χ3n) is 2.14. The summed E-state index contributed by atoms with van der Waals surface area (Å²) in [6.45, 7) is 1.47. The van der Waals surface area contributed by atoms with Crippen LogP contribution in [0, 0.1) is 11.3 Å². The van der Waals surface area contributed by atoms with Crippen molar-refractivity contribution < 1.29 is 4.79 Å². The molecule has 0 aliphatic heterocycles. The molecule has 0 N–H and O–H groups in total. The number of hydrogen-bond acceptors (Lipinski definition) is 4. The maximum absolute atomic E-state index is 11.4. The van der Waals surface area contributed by atoms with Gasteiger partial charge in [0.15, 0.2) is 5.78 Å². The quantitative estimate of drug-likeness (QED) is 0.704. The lowest BCUT2D eigenvalue weighted by Gasteiger charge is -2.05. The van der Waals surface area contributed by atoms with Crippen LogP contribution in [0.5, 0.6) is 0 Å². The van der Waals surface area contributed by atoms with Gasteiger partial charge in [-0.3, -0.25) is 4.79 Å². The van der Waals surface area contributed by atoms with E-state index < -0.39 is 0 Å². The van der Waals surface area contributed by atoms with E-state index in [1.165, 1.54) is 24.1 Å². The summed E-state index contributed by atoms with van der Waals surface area (Å²) in [5.74, 6) is -0.0863. The van der Waals surface area contributed by atoms with E-state index in [9.17, 15) is 4.79 Å². The summed E-state index contributed by atoms with van der Waals surface area (Å²) in [7, 11) is 0. The van der Waals surface area contributed by atoms with Gasteiger partial charge in [0, 0.05) is 5.56 Å². The van der Waals surface area contributed by atoms with Crippen molar-refractivity contribution in [1.82, 2.24) is 15.0 Å². The fraction of sp³-hybridized carbons (Fsp3) is 0.0909. The summed E-state index contributed by atoms with van der Waals surface area (Å²) in [4.78, 5) is 12.7. The van der Waals surface area contributed by atoms with E-state index in [4.69, 9.17) is 5.26 Å². The molecule has 16 heavy (non-hydrogen) atoms. The smallest absolute Gasteiger partial charge is 0.162 e. The average Bonchev–Trinajstić information content (AvgIpc) is 2.81. The minimum absolute atomic E-state index is 0.0863. The third kappa shape index (κ3) is 1.68. The van der Waals surface area contributed by atoms with Crippen molar-refractivity contribution in [2.75, 3.05) is 0 Å². The zero-order valence-corrected chi connectivity index (χ0v) is 8.58. The lowest BCUT2D eigenvalue weighted by atomic mass is 10.1. The van der Waals surface area contributed by atoms with Gasteiger partial charge >= 0.3 is 0 Å². The van der Waals surface area contributed by atoms with Crippen molar-refractivity contribution in [3.63, 3.8) is 0 Å². The molecule has 0 bridgehead atoms. The second-order valence-electron chi connectivity index (χ2n) is 3.22. The standard InChI is InChI=1S/C11H8N4O/c1-8(16)10-3-2-9(7-12)6-11(10)15-13-4-5-14-15/h2-6H,1H3. The van der Waals surface area contributed by atoms with E-state index in [0.717, 1.165) is 0 Å². The number of hydrogen-bond donors (Lipinski definition) is 0. The van der Waals surface area contributed by atoms with Crippen molar-refractivity contribution in [3.8, 4) is 11.8 Å². The topological polar surface area (TPSA) is 71.6 Å². The molecular formula is C11H8N4O. The fourth-order valence-corrected chi connectivity index (χ4v) is 1.40. The Morgan fingerprint density at radius 2 is 2.06 bits per heavy atom. The minimum Gasteiger partial charge on any atom is -0.294 e. The average molecular weight is 212 g/mol. The molecule has 0 spiro atoms. The van der Waals surface area contributed by atoms with Crippen LogP contribution in [0.25, 0.3) is 5.69 Å². The predicted molar refractivity (Wildman–Crippen MR) is 56.1 cm³/mol. The van der Waals surface area contributed by atoms with Gasteiger partial charge < -0.3 is 0 Å². The summed E-state index contributed by atoms with van der Waals surface area (Å²) in [5, 5.41) is 16.7. The Morgan fingerprint density at radius 3 is 2.62 bits per heavy atom. The van der Waals surface area contributed by atoms with Crippen molar-refractivity contribution in [1.29, 1.82) is 5.26 Å². The summed E-state index contributed by atoms with van der Waals surface area (Å²) < 4.78 is 0. The molecule has 0 radical (unpaired) electrons. The number of carbonyl (C=O) groups is 1. The number of nitrogens with zero attached hydrogens (tertiary/aromatic N) is 4. The molecule has 2 rings (SSSR count). The van der Waals surface area contributed by atoms with Crippen LogP contribution in [0.4, 0.5) is 0 Å². The van der Waals surface area contributed by atoms with E-state index in [1.54, 1.807) is 18.2 Å². The van der Waals surface area contributed by atoms with Gasteiger partial charge in [-0.1, -0.05) is 0 Å². The zero-order chi connectivity index (χ0) is 11.5. The number of aromatic nitrogens is 3. The summed E-state index contributed by atoms with van der Waals surface area (Å²) in [6, 6.07) is 6.82. The molecule has 5 heteroatoms. The molecule has 78 valence electrons. The van der Waals surface area contributed by atoms with Crippen LogP contribution in [0.15, 0.2) is 30.6 Å². The molecule has 5 nitrogen and oxygen atoms in total. The van der Waals surface area contributed by atoms with Crippen LogP contribution in [0.1, 0.15) is 22.8 Å². The van der Waals surface area contributed by atoms with Crippen LogP contribution in [-0.4, -0.2) is 20.8 Å². The zero-order valence-electron chi connectivity index (χ0n) is 8.58. The Labute approximate surface area is 91.9 Å². The first-order chi connectivity index (χ1) is 7.72. The Kier molecular flexibility index (Phi) is 2.48. The molecule has 2 aromatic rings. The highest BCUT2D eigenvalue weighted by Gasteiger charge is 2.10. The van der Waals surface area contributed by atoms with Gasteiger partial charge in [0.2, 0.25) is 0 Å². The Bertz CT molecular complexity index is 566. The summed E-state index contributed by atoms with van der Waals surface area (Å²) >= 11 is 0. The minimum atomic E-state index is -0.0863. The van der Waals surface area contributed by atoms with Crippen LogP contribution in [-0.2, 0) is 0 Å². The summed E-state index contributed by atoms with van der Waals surface area (Å²) in [5.41, 5.74) is 1.49. The first-order valence-electron chi connectivity index (χ1n) is 4.64. The Morgan fingerprint density at radius 1 is 1.38 bits per heavy atom. The number of ketones is 1. The molecule has 0 aliphatic rings.